The Balaban J connectivity index is 1.10. The number of nitriles is 2. The van der Waals surface area contributed by atoms with Crippen molar-refractivity contribution in [2.24, 2.45) is 0 Å². The van der Waals surface area contributed by atoms with Gasteiger partial charge in [-0.25, -0.2) is 15.0 Å². The van der Waals surface area contributed by atoms with E-state index in [0.717, 1.165) is 41.2 Å². The summed E-state index contributed by atoms with van der Waals surface area (Å²) in [4.78, 5) is 20.8. The third-order valence-electron chi connectivity index (χ3n) is 7.62. The van der Waals surface area contributed by atoms with E-state index in [2.05, 4.69) is 41.0 Å². The SMILES string of the molecule is N#CCC1(n2cc(-c3ncnc4[nH]ccc34)cn2)CN(C2CCC(Oc3cc(C#N)nc(C(F)(F)F)n3)CC2)C1. The van der Waals surface area contributed by atoms with Gasteiger partial charge in [-0.05, 0) is 31.7 Å². The Labute approximate surface area is 226 Å². The highest BCUT2D eigenvalue weighted by Crippen LogP contribution is 2.39. The number of halogens is 3. The van der Waals surface area contributed by atoms with Crippen molar-refractivity contribution in [3.63, 3.8) is 0 Å². The normalized spacial score (nSPS) is 20.9. The van der Waals surface area contributed by atoms with Crippen LogP contribution in [-0.4, -0.2) is 64.8 Å². The fraction of sp³-hybridized carbons (Fsp3) is 0.423. The highest BCUT2D eigenvalue weighted by atomic mass is 19.4. The lowest BCUT2D eigenvalue weighted by atomic mass is 9.82. The van der Waals surface area contributed by atoms with Gasteiger partial charge in [-0.15, -0.1) is 0 Å². The molecular weight excluding hydrogens is 525 g/mol. The van der Waals surface area contributed by atoms with Crippen LogP contribution in [0.15, 0.2) is 37.1 Å². The maximum atomic E-state index is 13.1. The summed E-state index contributed by atoms with van der Waals surface area (Å²) in [5.74, 6) is -1.63. The second-order valence-corrected chi connectivity index (χ2v) is 10.2. The number of likely N-dealkylation sites (tertiary alicyclic amines) is 1. The number of hydrogen-bond donors (Lipinski definition) is 1. The zero-order valence-corrected chi connectivity index (χ0v) is 21.1. The molecule has 5 heterocycles. The van der Waals surface area contributed by atoms with E-state index in [9.17, 15) is 18.4 Å². The molecule has 0 spiro atoms. The molecule has 0 radical (unpaired) electrons. The zero-order valence-electron chi connectivity index (χ0n) is 21.1. The van der Waals surface area contributed by atoms with E-state index in [1.54, 1.807) is 12.3 Å². The summed E-state index contributed by atoms with van der Waals surface area (Å²) >= 11 is 0. The van der Waals surface area contributed by atoms with Gasteiger partial charge in [-0.2, -0.15) is 33.8 Å². The lowest BCUT2D eigenvalue weighted by Crippen LogP contribution is -2.65. The summed E-state index contributed by atoms with van der Waals surface area (Å²) < 4.78 is 46.9. The van der Waals surface area contributed by atoms with Crippen LogP contribution in [0.25, 0.3) is 22.3 Å². The van der Waals surface area contributed by atoms with Gasteiger partial charge >= 0.3 is 6.18 Å². The Morgan fingerprint density at radius 1 is 1.12 bits per heavy atom. The van der Waals surface area contributed by atoms with Crippen LogP contribution in [0.3, 0.4) is 0 Å². The zero-order chi connectivity index (χ0) is 27.9. The van der Waals surface area contributed by atoms with Crippen molar-refractivity contribution in [3.05, 3.63) is 48.6 Å². The fourth-order valence-corrected chi connectivity index (χ4v) is 5.63. The Morgan fingerprint density at radius 2 is 1.93 bits per heavy atom. The Bertz CT molecular complexity index is 1620. The number of fused-ring (bicyclic) bond motifs is 1. The van der Waals surface area contributed by atoms with Crippen LogP contribution in [0.1, 0.15) is 43.6 Å². The number of nitrogens with zero attached hydrogens (tertiary/aromatic N) is 9. The highest BCUT2D eigenvalue weighted by molar-refractivity contribution is 5.90. The minimum absolute atomic E-state index is 0.241. The summed E-state index contributed by atoms with van der Waals surface area (Å²) in [7, 11) is 0. The predicted molar refractivity (Wildman–Crippen MR) is 133 cm³/mol. The van der Waals surface area contributed by atoms with E-state index in [0.29, 0.717) is 32.4 Å². The standard InChI is InChI=1S/C26H23F3N10O/c27-26(28,29)24-36-17(10-31)9-21(37-24)40-19-3-1-18(2-4-19)38-13-25(14-38,6-7-30)39-12-16(11-35-39)22-20-5-8-32-23(20)34-15-33-22/h5,8-9,11-12,15,18-19H,1-4,6,13-14H2,(H,32,33,34). The monoisotopic (exact) mass is 548 g/mol. The molecule has 0 bridgehead atoms. The van der Waals surface area contributed by atoms with E-state index < -0.39 is 17.5 Å². The summed E-state index contributed by atoms with van der Waals surface area (Å²) in [6.45, 7) is 1.32. The molecule has 0 aromatic carbocycles. The van der Waals surface area contributed by atoms with Crippen LogP contribution in [0.2, 0.25) is 0 Å². The van der Waals surface area contributed by atoms with Crippen molar-refractivity contribution in [1.82, 2.24) is 39.6 Å². The third-order valence-corrected chi connectivity index (χ3v) is 7.62. The number of H-pyrrole nitrogens is 1. The molecule has 1 aliphatic heterocycles. The van der Waals surface area contributed by atoms with E-state index in [4.69, 9.17) is 10.00 Å². The van der Waals surface area contributed by atoms with Crippen molar-refractivity contribution >= 4 is 11.0 Å². The Morgan fingerprint density at radius 3 is 2.65 bits per heavy atom. The van der Waals surface area contributed by atoms with Crippen molar-refractivity contribution in [2.75, 3.05) is 13.1 Å². The number of alkyl halides is 3. The summed E-state index contributed by atoms with van der Waals surface area (Å²) in [6.07, 6.45) is 5.06. The largest absolute Gasteiger partial charge is 0.474 e. The first-order chi connectivity index (χ1) is 19.3. The average molecular weight is 549 g/mol. The summed E-state index contributed by atoms with van der Waals surface area (Å²) in [5, 5.41) is 24.1. The molecular formula is C26H23F3N10O. The van der Waals surface area contributed by atoms with Crippen LogP contribution >= 0.6 is 0 Å². The van der Waals surface area contributed by atoms with Gasteiger partial charge in [-0.1, -0.05) is 0 Å². The van der Waals surface area contributed by atoms with Crippen LogP contribution in [0.5, 0.6) is 5.88 Å². The van der Waals surface area contributed by atoms with Gasteiger partial charge in [0.05, 0.1) is 24.4 Å². The molecule has 204 valence electrons. The van der Waals surface area contributed by atoms with Gasteiger partial charge in [0.1, 0.15) is 35.4 Å². The molecule has 2 fully saturated rings. The summed E-state index contributed by atoms with van der Waals surface area (Å²) in [6, 6.07) is 7.25. The maximum absolute atomic E-state index is 13.1. The van der Waals surface area contributed by atoms with Crippen LogP contribution in [0.4, 0.5) is 13.2 Å². The lowest BCUT2D eigenvalue weighted by molar-refractivity contribution is -0.145. The second-order valence-electron chi connectivity index (χ2n) is 10.2. The van der Waals surface area contributed by atoms with E-state index in [1.165, 1.54) is 6.33 Å². The molecule has 1 aliphatic carbocycles. The number of ether oxygens (including phenoxy) is 1. The van der Waals surface area contributed by atoms with Gasteiger partial charge < -0.3 is 9.72 Å². The molecule has 6 rings (SSSR count). The first-order valence-corrected chi connectivity index (χ1v) is 12.8. The molecule has 11 nitrogen and oxygen atoms in total. The molecule has 1 N–H and O–H groups in total. The molecule has 0 unspecified atom stereocenters. The Hall–Kier alpha value is -4.56. The molecule has 4 aromatic heterocycles. The molecule has 0 amide bonds. The fourth-order valence-electron chi connectivity index (χ4n) is 5.63. The first-order valence-electron chi connectivity index (χ1n) is 12.8. The molecule has 1 saturated heterocycles. The van der Waals surface area contributed by atoms with E-state index in [-0.39, 0.29) is 23.7 Å². The minimum Gasteiger partial charge on any atom is -0.474 e. The second kappa shape index (κ2) is 9.88. The van der Waals surface area contributed by atoms with Crippen LogP contribution < -0.4 is 4.74 Å². The molecule has 40 heavy (non-hydrogen) atoms. The van der Waals surface area contributed by atoms with E-state index >= 15 is 0 Å². The molecule has 0 atom stereocenters. The van der Waals surface area contributed by atoms with Crippen molar-refractivity contribution < 1.29 is 17.9 Å². The Kier molecular flexibility index (Phi) is 6.35. The highest BCUT2D eigenvalue weighted by Gasteiger charge is 2.48. The minimum atomic E-state index is -4.77. The molecule has 4 aromatic rings. The van der Waals surface area contributed by atoms with Crippen molar-refractivity contribution in [3.8, 4) is 29.3 Å². The molecule has 1 saturated carbocycles. The lowest BCUT2D eigenvalue weighted by Gasteiger charge is -2.53. The average Bonchev–Trinajstić information content (AvgIpc) is 3.61. The first kappa shape index (κ1) is 25.7. The number of aromatic nitrogens is 7. The number of hydrogen-bond acceptors (Lipinski definition) is 9. The van der Waals surface area contributed by atoms with Gasteiger partial charge in [0.2, 0.25) is 11.7 Å². The van der Waals surface area contributed by atoms with E-state index in [1.807, 2.05) is 23.1 Å². The van der Waals surface area contributed by atoms with Gasteiger partial charge in [-0.3, -0.25) is 9.58 Å². The maximum Gasteiger partial charge on any atom is 0.451 e. The van der Waals surface area contributed by atoms with Crippen LogP contribution in [-0.2, 0) is 11.7 Å². The quantitative estimate of drug-likeness (QED) is 0.380. The number of nitrogens with one attached hydrogen (secondary N) is 1. The number of rotatable bonds is 6. The third kappa shape index (κ3) is 4.71. The van der Waals surface area contributed by atoms with Gasteiger partial charge in [0.15, 0.2) is 0 Å². The van der Waals surface area contributed by atoms with Crippen molar-refractivity contribution in [1.29, 1.82) is 10.5 Å². The van der Waals surface area contributed by atoms with Crippen molar-refractivity contribution in [2.45, 2.75) is 56.0 Å². The topological polar surface area (TPSA) is 145 Å². The van der Waals surface area contributed by atoms with Crippen LogP contribution in [0, 0.1) is 22.7 Å². The van der Waals surface area contributed by atoms with Gasteiger partial charge in [0, 0.05) is 48.5 Å². The predicted octanol–water partition coefficient (Wildman–Crippen LogP) is 3.82. The smallest absolute Gasteiger partial charge is 0.451 e. The van der Waals surface area contributed by atoms with Gasteiger partial charge in [0.25, 0.3) is 0 Å². The molecule has 2 aliphatic rings. The molecule has 14 heteroatoms. The summed E-state index contributed by atoms with van der Waals surface area (Å²) in [5.41, 5.74) is 1.52. The number of aromatic amines is 1.